The van der Waals surface area contributed by atoms with Crippen molar-refractivity contribution in [2.75, 3.05) is 19.7 Å². The summed E-state index contributed by atoms with van der Waals surface area (Å²) in [4.78, 5) is 0. The number of para-hydroxylation sites is 1. The van der Waals surface area contributed by atoms with Crippen LogP contribution < -0.4 is 10.1 Å². The Labute approximate surface area is 111 Å². The Morgan fingerprint density at radius 1 is 1.33 bits per heavy atom. The predicted molar refractivity (Wildman–Crippen MR) is 76.1 cm³/mol. The molecule has 1 aromatic carbocycles. The largest absolute Gasteiger partial charge is 0.493 e. The lowest BCUT2D eigenvalue weighted by molar-refractivity contribution is 0.252. The molecule has 1 heterocycles. The molecule has 2 heteroatoms. The minimum Gasteiger partial charge on any atom is -0.493 e. The van der Waals surface area contributed by atoms with Crippen LogP contribution in [0.4, 0.5) is 0 Å². The van der Waals surface area contributed by atoms with Gasteiger partial charge in [0.15, 0.2) is 0 Å². The van der Waals surface area contributed by atoms with E-state index in [9.17, 15) is 0 Å². The van der Waals surface area contributed by atoms with Crippen molar-refractivity contribution in [1.29, 1.82) is 0 Å². The van der Waals surface area contributed by atoms with Crippen LogP contribution in [0, 0.1) is 5.92 Å². The Balaban J connectivity index is 1.78. The first-order valence-corrected chi connectivity index (χ1v) is 7.31. The van der Waals surface area contributed by atoms with Crippen molar-refractivity contribution in [2.45, 2.75) is 39.0 Å². The number of nitrogens with one attached hydrogen (secondary N) is 1. The van der Waals surface area contributed by atoms with Crippen LogP contribution >= 0.6 is 0 Å². The average Bonchev–Trinajstić information content (AvgIpc) is 2.42. The molecule has 0 spiro atoms. The van der Waals surface area contributed by atoms with Crippen LogP contribution in [0.2, 0.25) is 0 Å². The maximum Gasteiger partial charge on any atom is 0.122 e. The third-order valence-electron chi connectivity index (χ3n) is 3.67. The zero-order chi connectivity index (χ0) is 12.6. The molecule has 0 aromatic heterocycles. The Morgan fingerprint density at radius 2 is 2.22 bits per heavy atom. The van der Waals surface area contributed by atoms with E-state index in [1.807, 2.05) is 0 Å². The van der Waals surface area contributed by atoms with Crippen LogP contribution in [0.3, 0.4) is 0 Å². The van der Waals surface area contributed by atoms with Crippen molar-refractivity contribution in [3.8, 4) is 5.75 Å². The first kappa shape index (κ1) is 13.4. The van der Waals surface area contributed by atoms with E-state index in [1.54, 1.807) is 0 Å². The number of piperidine rings is 1. The van der Waals surface area contributed by atoms with Crippen molar-refractivity contribution in [2.24, 2.45) is 5.92 Å². The van der Waals surface area contributed by atoms with Gasteiger partial charge >= 0.3 is 0 Å². The Morgan fingerprint density at radius 3 is 3.00 bits per heavy atom. The monoisotopic (exact) mass is 247 g/mol. The Bertz CT molecular complexity index is 345. The van der Waals surface area contributed by atoms with E-state index in [1.165, 1.54) is 44.3 Å². The molecule has 1 aromatic rings. The van der Waals surface area contributed by atoms with Gasteiger partial charge in [-0.05, 0) is 56.3 Å². The van der Waals surface area contributed by atoms with Crippen molar-refractivity contribution in [3.63, 3.8) is 0 Å². The van der Waals surface area contributed by atoms with Gasteiger partial charge in [-0.25, -0.2) is 0 Å². The summed E-state index contributed by atoms with van der Waals surface area (Å²) in [5, 5.41) is 3.46. The lowest BCUT2D eigenvalue weighted by Crippen LogP contribution is -2.30. The molecule has 1 aliphatic heterocycles. The lowest BCUT2D eigenvalue weighted by Gasteiger charge is -2.22. The highest BCUT2D eigenvalue weighted by molar-refractivity contribution is 5.33. The molecule has 0 saturated carbocycles. The maximum absolute atomic E-state index is 5.96. The zero-order valence-electron chi connectivity index (χ0n) is 11.5. The fourth-order valence-electron chi connectivity index (χ4n) is 2.63. The molecule has 0 amide bonds. The molecule has 0 unspecified atom stereocenters. The summed E-state index contributed by atoms with van der Waals surface area (Å²) in [7, 11) is 0. The van der Waals surface area contributed by atoms with Crippen LogP contribution in [0.1, 0.15) is 38.2 Å². The summed E-state index contributed by atoms with van der Waals surface area (Å²) in [6.07, 6.45) is 6.13. The third kappa shape index (κ3) is 4.02. The molecule has 0 radical (unpaired) electrons. The van der Waals surface area contributed by atoms with E-state index < -0.39 is 0 Å². The van der Waals surface area contributed by atoms with Crippen molar-refractivity contribution >= 4 is 0 Å². The summed E-state index contributed by atoms with van der Waals surface area (Å²) < 4.78 is 5.96. The Hall–Kier alpha value is -1.02. The van der Waals surface area contributed by atoms with Gasteiger partial charge < -0.3 is 10.1 Å². The second-order valence-electron chi connectivity index (χ2n) is 5.21. The van der Waals surface area contributed by atoms with Gasteiger partial charge in [0.1, 0.15) is 5.75 Å². The topological polar surface area (TPSA) is 21.3 Å². The van der Waals surface area contributed by atoms with Crippen LogP contribution in [0.25, 0.3) is 0 Å². The molecular formula is C16H25NO. The standard InChI is InChI=1S/C16H25NO/c1-2-6-15-8-3-4-9-16(15)18-12-10-14-7-5-11-17-13-14/h3-4,8-9,14,17H,2,5-7,10-13H2,1H3/t14-/m1/s1. The molecule has 1 fully saturated rings. The lowest BCUT2D eigenvalue weighted by atomic mass is 9.97. The molecule has 1 aliphatic rings. The number of rotatable bonds is 6. The van der Waals surface area contributed by atoms with E-state index in [4.69, 9.17) is 4.74 Å². The first-order chi connectivity index (χ1) is 8.90. The molecule has 1 atom stereocenters. The van der Waals surface area contributed by atoms with Gasteiger partial charge in [-0.15, -0.1) is 0 Å². The highest BCUT2D eigenvalue weighted by atomic mass is 16.5. The minimum absolute atomic E-state index is 0.803. The third-order valence-corrected chi connectivity index (χ3v) is 3.67. The van der Waals surface area contributed by atoms with Gasteiger partial charge in [-0.2, -0.15) is 0 Å². The van der Waals surface area contributed by atoms with Gasteiger partial charge in [0.2, 0.25) is 0 Å². The van der Waals surface area contributed by atoms with Crippen LogP contribution in [0.5, 0.6) is 5.75 Å². The molecule has 2 nitrogen and oxygen atoms in total. The molecular weight excluding hydrogens is 222 g/mol. The summed E-state index contributed by atoms with van der Waals surface area (Å²) >= 11 is 0. The highest BCUT2D eigenvalue weighted by Crippen LogP contribution is 2.21. The molecule has 100 valence electrons. The van der Waals surface area contributed by atoms with Crippen LogP contribution in [-0.4, -0.2) is 19.7 Å². The molecule has 2 rings (SSSR count). The van der Waals surface area contributed by atoms with E-state index in [-0.39, 0.29) is 0 Å². The number of ether oxygens (including phenoxy) is 1. The smallest absolute Gasteiger partial charge is 0.122 e. The van der Waals surface area contributed by atoms with Crippen molar-refractivity contribution < 1.29 is 4.74 Å². The zero-order valence-corrected chi connectivity index (χ0v) is 11.5. The number of hydrogen-bond acceptors (Lipinski definition) is 2. The van der Waals surface area contributed by atoms with Gasteiger partial charge in [-0.3, -0.25) is 0 Å². The van der Waals surface area contributed by atoms with E-state index >= 15 is 0 Å². The van der Waals surface area contributed by atoms with Crippen LogP contribution in [-0.2, 0) is 6.42 Å². The number of benzene rings is 1. The highest BCUT2D eigenvalue weighted by Gasteiger charge is 2.12. The van der Waals surface area contributed by atoms with Crippen molar-refractivity contribution in [3.05, 3.63) is 29.8 Å². The predicted octanol–water partition coefficient (Wildman–Crippen LogP) is 3.41. The van der Waals surface area contributed by atoms with Gasteiger partial charge in [0.25, 0.3) is 0 Å². The quantitative estimate of drug-likeness (QED) is 0.832. The molecule has 1 N–H and O–H groups in total. The van der Waals surface area contributed by atoms with E-state index in [0.29, 0.717) is 0 Å². The fraction of sp³-hybridized carbons (Fsp3) is 0.625. The summed E-state index contributed by atoms with van der Waals surface area (Å²) in [6, 6.07) is 8.45. The normalized spacial score (nSPS) is 19.7. The SMILES string of the molecule is CCCc1ccccc1OCC[C@H]1CCCNC1. The summed E-state index contributed by atoms with van der Waals surface area (Å²) in [5.74, 6) is 1.89. The maximum atomic E-state index is 5.96. The second kappa shape index (κ2) is 7.42. The molecule has 0 aliphatic carbocycles. The first-order valence-electron chi connectivity index (χ1n) is 7.31. The average molecular weight is 247 g/mol. The number of hydrogen-bond donors (Lipinski definition) is 1. The van der Waals surface area contributed by atoms with Crippen LogP contribution in [0.15, 0.2) is 24.3 Å². The molecule has 0 bridgehead atoms. The summed E-state index contributed by atoms with van der Waals surface area (Å²) in [5.41, 5.74) is 1.35. The van der Waals surface area contributed by atoms with Gasteiger partial charge in [0.05, 0.1) is 6.61 Å². The van der Waals surface area contributed by atoms with E-state index in [0.717, 1.165) is 24.7 Å². The molecule has 1 saturated heterocycles. The van der Waals surface area contributed by atoms with Crippen molar-refractivity contribution in [1.82, 2.24) is 5.32 Å². The number of aryl methyl sites for hydroxylation is 1. The van der Waals surface area contributed by atoms with E-state index in [2.05, 4.69) is 36.5 Å². The molecule has 18 heavy (non-hydrogen) atoms. The minimum atomic E-state index is 0.803. The fourth-order valence-corrected chi connectivity index (χ4v) is 2.63. The summed E-state index contributed by atoms with van der Waals surface area (Å²) in [6.45, 7) is 5.42. The second-order valence-corrected chi connectivity index (χ2v) is 5.21. The van der Waals surface area contributed by atoms with Gasteiger partial charge in [0, 0.05) is 0 Å². The Kier molecular flexibility index (Phi) is 5.53. The van der Waals surface area contributed by atoms with Gasteiger partial charge in [-0.1, -0.05) is 31.5 Å².